The summed E-state index contributed by atoms with van der Waals surface area (Å²) in [7, 11) is -1.85. The van der Waals surface area contributed by atoms with E-state index in [2.05, 4.69) is 140 Å². The van der Waals surface area contributed by atoms with E-state index >= 15 is 0 Å². The van der Waals surface area contributed by atoms with Crippen molar-refractivity contribution in [3.05, 3.63) is 118 Å². The first-order valence-corrected chi connectivity index (χ1v) is 27.0. The van der Waals surface area contributed by atoms with Gasteiger partial charge < -0.3 is 41.8 Å². The van der Waals surface area contributed by atoms with E-state index in [9.17, 15) is 0 Å². The van der Waals surface area contributed by atoms with Gasteiger partial charge in [-0.05, 0) is 77.5 Å². The number of benzene rings is 3. The minimum Gasteiger partial charge on any atom is -0.497 e. The molecule has 1 N–H and O–H groups in total. The van der Waals surface area contributed by atoms with Gasteiger partial charge in [-0.2, -0.15) is 0 Å². The average molecular weight is 898 g/mol. The second kappa shape index (κ2) is 17.4. The molecule has 0 unspecified atom stereocenters. The minimum absolute atomic E-state index is 0.0408. The van der Waals surface area contributed by atoms with Crippen LogP contribution in [0.1, 0.15) is 97.2 Å². The molecule has 2 aliphatic heterocycles. The molecule has 334 valence electrons. The van der Waals surface area contributed by atoms with Crippen LogP contribution < -0.4 is 9.47 Å². The highest BCUT2D eigenvalue weighted by atomic mass is 32.1. The minimum atomic E-state index is -2.86. The van der Waals surface area contributed by atoms with E-state index in [-0.39, 0.29) is 27.3 Å². The molecule has 2 aromatic heterocycles. The lowest BCUT2D eigenvalue weighted by atomic mass is 9.80. The van der Waals surface area contributed by atoms with Crippen LogP contribution in [0, 0.1) is 4.64 Å². The number of aryl methyl sites for hydroxylation is 1. The second-order valence-corrected chi connectivity index (χ2v) is 30.3. The molecule has 4 atom stereocenters. The number of methoxy groups -OCH3 is 2. The molecule has 7 rings (SSSR count). The Labute approximate surface area is 376 Å². The number of ether oxygens (including phenoxy) is 4. The molecular weight excluding hydrogens is 831 g/mol. The number of fused-ring (bicyclic) bond motifs is 2. The predicted molar refractivity (Wildman–Crippen MR) is 253 cm³/mol. The monoisotopic (exact) mass is 897 g/mol. The van der Waals surface area contributed by atoms with E-state index in [1.165, 1.54) is 0 Å². The van der Waals surface area contributed by atoms with Gasteiger partial charge in [0, 0.05) is 22.9 Å². The van der Waals surface area contributed by atoms with Gasteiger partial charge in [-0.25, -0.2) is 4.98 Å². The summed E-state index contributed by atoms with van der Waals surface area (Å²) in [5.74, 6) is 1.55. The number of aromatic amines is 1. The molecule has 0 saturated carbocycles. The van der Waals surface area contributed by atoms with Gasteiger partial charge in [0.25, 0.3) is 0 Å². The van der Waals surface area contributed by atoms with Crippen LogP contribution in [0.25, 0.3) is 11.0 Å². The molecule has 0 aliphatic carbocycles. The summed E-state index contributed by atoms with van der Waals surface area (Å²) >= 11 is 6.01. The van der Waals surface area contributed by atoms with E-state index < -0.39 is 34.8 Å². The number of hydrogen-bond acceptors (Lipinski definition) is 9. The molecular formula is C49H67N3O7SSi2. The normalized spacial score (nSPS) is 20.9. The molecule has 0 bridgehead atoms. The first-order valence-electron chi connectivity index (χ1n) is 21.9. The number of hydrogen-bond donors (Lipinski definition) is 1. The van der Waals surface area contributed by atoms with Crippen molar-refractivity contribution < 1.29 is 32.2 Å². The smallest absolute Gasteiger partial charge is 0.349 e. The largest absolute Gasteiger partial charge is 0.497 e. The lowest BCUT2D eigenvalue weighted by Crippen LogP contribution is -2.66. The van der Waals surface area contributed by atoms with Crippen molar-refractivity contribution >= 4 is 40.1 Å². The van der Waals surface area contributed by atoms with Gasteiger partial charge in [-0.1, -0.05) is 129 Å². The predicted octanol–water partition coefficient (Wildman–Crippen LogP) is 11.8. The molecule has 0 spiro atoms. The number of rotatable bonds is 13. The van der Waals surface area contributed by atoms with Crippen molar-refractivity contribution in [3.63, 3.8) is 0 Å². The fourth-order valence-electron chi connectivity index (χ4n) is 9.30. The summed E-state index contributed by atoms with van der Waals surface area (Å²) in [5, 5.41) is 0.468. The maximum atomic E-state index is 7.44. The van der Waals surface area contributed by atoms with Crippen molar-refractivity contribution in [2.45, 2.75) is 134 Å². The van der Waals surface area contributed by atoms with Crippen LogP contribution in [0.5, 0.6) is 11.5 Å². The number of aromatic nitrogens is 3. The van der Waals surface area contributed by atoms with E-state index in [0.717, 1.165) is 44.8 Å². The molecule has 10 nitrogen and oxygen atoms in total. The number of nitrogens with zero attached hydrogens (tertiary/aromatic N) is 2. The molecule has 2 saturated heterocycles. The summed E-state index contributed by atoms with van der Waals surface area (Å²) in [6.45, 7) is 25.8. The highest BCUT2D eigenvalue weighted by Gasteiger charge is 2.66. The average Bonchev–Trinajstić information content (AvgIpc) is 3.78. The zero-order chi connectivity index (χ0) is 44.9. The van der Waals surface area contributed by atoms with Crippen LogP contribution in [-0.4, -0.2) is 77.2 Å². The van der Waals surface area contributed by atoms with Crippen LogP contribution in [0.2, 0.25) is 28.2 Å². The number of nitrogens with one attached hydrogen (secondary N) is 1. The van der Waals surface area contributed by atoms with E-state index in [1.54, 1.807) is 20.5 Å². The van der Waals surface area contributed by atoms with Crippen molar-refractivity contribution in [3.8, 4) is 11.5 Å². The van der Waals surface area contributed by atoms with Gasteiger partial charge in [-0.15, -0.1) is 0 Å². The summed E-state index contributed by atoms with van der Waals surface area (Å²) < 4.78 is 50.0. The van der Waals surface area contributed by atoms with Crippen molar-refractivity contribution in [2.75, 3.05) is 27.4 Å². The maximum absolute atomic E-state index is 7.44. The Kier molecular flexibility index (Phi) is 13.0. The fourth-order valence-corrected chi connectivity index (χ4v) is 15.8. The quantitative estimate of drug-likeness (QED) is 0.0536. The van der Waals surface area contributed by atoms with Crippen LogP contribution in [0.4, 0.5) is 0 Å². The molecule has 5 aromatic rings. The Morgan fingerprint density at radius 1 is 0.823 bits per heavy atom. The van der Waals surface area contributed by atoms with Crippen LogP contribution in [0.15, 0.2) is 91.4 Å². The van der Waals surface area contributed by atoms with E-state index in [0.29, 0.717) is 30.7 Å². The van der Waals surface area contributed by atoms with Gasteiger partial charge in [0.2, 0.25) is 0 Å². The lowest BCUT2D eigenvalue weighted by Gasteiger charge is -2.54. The summed E-state index contributed by atoms with van der Waals surface area (Å²) in [4.78, 5) is 8.14. The zero-order valence-corrected chi connectivity index (χ0v) is 41.8. The summed E-state index contributed by atoms with van der Waals surface area (Å²) in [6, 6.07) is 26.7. The molecule has 0 amide bonds. The Balaban J connectivity index is 1.25. The Hall–Kier alpha value is -3.67. The second-order valence-electron chi connectivity index (χ2n) is 20.4. The topological polar surface area (TPSA) is 98.2 Å². The Morgan fingerprint density at radius 3 is 1.92 bits per heavy atom. The summed E-state index contributed by atoms with van der Waals surface area (Å²) in [5.41, 5.74) is 3.89. The van der Waals surface area contributed by atoms with Crippen molar-refractivity contribution in [2.24, 2.45) is 0 Å². The molecule has 0 radical (unpaired) electrons. The van der Waals surface area contributed by atoms with E-state index in [4.69, 9.17) is 49.4 Å². The number of H-pyrrole nitrogens is 1. The van der Waals surface area contributed by atoms with Gasteiger partial charge in [0.15, 0.2) is 14.5 Å². The molecule has 62 heavy (non-hydrogen) atoms. The van der Waals surface area contributed by atoms with E-state index in [1.807, 2.05) is 30.3 Å². The van der Waals surface area contributed by atoms with Crippen LogP contribution in [0.3, 0.4) is 0 Å². The van der Waals surface area contributed by atoms with Gasteiger partial charge in [0.05, 0.1) is 32.5 Å². The van der Waals surface area contributed by atoms with Crippen LogP contribution >= 0.6 is 12.2 Å². The Bertz CT molecular complexity index is 2300. The molecule has 2 fully saturated rings. The maximum Gasteiger partial charge on any atom is 0.349 e. The summed E-state index contributed by atoms with van der Waals surface area (Å²) in [6.07, 6.45) is 3.69. The van der Waals surface area contributed by atoms with Crippen LogP contribution in [-0.2, 0) is 34.8 Å². The third-order valence-corrected chi connectivity index (χ3v) is 23.2. The highest BCUT2D eigenvalue weighted by Crippen LogP contribution is 2.57. The fraction of sp³-hybridized carbons (Fsp3) is 0.510. The molecule has 2 aliphatic rings. The van der Waals surface area contributed by atoms with Crippen molar-refractivity contribution in [1.29, 1.82) is 0 Å². The molecule has 4 heterocycles. The van der Waals surface area contributed by atoms with Gasteiger partial charge in [-0.3, -0.25) is 0 Å². The van der Waals surface area contributed by atoms with Crippen molar-refractivity contribution in [1.82, 2.24) is 14.5 Å². The standard InChI is InChI=1S/C49H67N3O7SSi2/c1-46(2,3)61(12,13)58-42-41-39(31-56-62(59-41,47(4,5)6)48(7,8)9)57-45(42)52-30-33(40-43(52)50-32-51-44(40)60)18-17-29-55-49(34-19-15-14-16-20-34,35-21-25-37(53-10)26-22-35)36-23-27-38(54-11)28-24-36/h14-16,19-28,30,32,39,41-42,45H,17-18,29,31H2,1-13H3,(H,50,51,60)/t39-,41-,42-,45-/m1/s1. The SMILES string of the molecule is COc1ccc(C(OCCCc2cn([C@@H]3O[C@@H]4CO[Si](C(C)(C)C)(C(C)(C)C)O[C@H]4[C@H]3O[Si](C)(C)C(C)(C)C)c3nc[nH]c(=S)c23)(c2ccccc2)c2ccc(OC)cc2)cc1. The van der Waals surface area contributed by atoms with Gasteiger partial charge in [0.1, 0.15) is 45.7 Å². The zero-order valence-electron chi connectivity index (χ0n) is 39.0. The first kappa shape index (κ1) is 46.3. The third-order valence-electron chi connectivity index (χ3n) is 13.3. The molecule has 13 heteroatoms. The highest BCUT2D eigenvalue weighted by molar-refractivity contribution is 7.71. The first-order chi connectivity index (χ1) is 29.2. The van der Waals surface area contributed by atoms with Gasteiger partial charge >= 0.3 is 8.56 Å². The third kappa shape index (κ3) is 8.40. The lowest BCUT2D eigenvalue weighted by molar-refractivity contribution is -0.0794. The molecule has 3 aromatic carbocycles. The Morgan fingerprint density at radius 2 is 1.39 bits per heavy atom.